The standard InChI is InChI=1S/C18H22N4O/c1-21(14-9-10-14)18(23)12-22-11-17(19-20-22)16-8-4-6-13-5-2-3-7-15(13)16/h4,6,8,11,14H,2-3,5,7,9-10,12H2,1H3. The Bertz CT molecular complexity index is 732. The van der Waals surface area contributed by atoms with Crippen LogP contribution in [0.1, 0.15) is 36.8 Å². The van der Waals surface area contributed by atoms with Crippen molar-refractivity contribution in [3.8, 4) is 11.3 Å². The number of fused-ring (bicyclic) bond motifs is 1. The first-order valence-corrected chi connectivity index (χ1v) is 8.49. The molecule has 1 aromatic carbocycles. The molecule has 0 aliphatic heterocycles. The minimum Gasteiger partial charge on any atom is -0.341 e. The molecule has 2 aliphatic carbocycles. The maximum absolute atomic E-state index is 12.2. The summed E-state index contributed by atoms with van der Waals surface area (Å²) in [7, 11) is 1.88. The molecule has 0 bridgehead atoms. The lowest BCUT2D eigenvalue weighted by atomic mass is 9.87. The molecular weight excluding hydrogens is 288 g/mol. The van der Waals surface area contributed by atoms with Gasteiger partial charge in [-0.2, -0.15) is 0 Å². The number of aromatic nitrogens is 3. The lowest BCUT2D eigenvalue weighted by molar-refractivity contribution is -0.131. The Morgan fingerprint density at radius 2 is 2.13 bits per heavy atom. The molecule has 1 aromatic heterocycles. The minimum absolute atomic E-state index is 0.110. The first-order chi connectivity index (χ1) is 11.2. The first-order valence-electron chi connectivity index (χ1n) is 8.49. The third-order valence-electron chi connectivity index (χ3n) is 5.00. The van der Waals surface area contributed by atoms with E-state index < -0.39 is 0 Å². The Morgan fingerprint density at radius 3 is 2.96 bits per heavy atom. The van der Waals surface area contributed by atoms with Crippen molar-refractivity contribution in [2.75, 3.05) is 7.05 Å². The molecule has 1 amide bonds. The molecule has 2 aromatic rings. The third kappa shape index (κ3) is 2.87. The van der Waals surface area contributed by atoms with Crippen LogP contribution in [0.3, 0.4) is 0 Å². The zero-order valence-corrected chi connectivity index (χ0v) is 13.5. The van der Waals surface area contributed by atoms with Crippen molar-refractivity contribution in [1.29, 1.82) is 0 Å². The first kappa shape index (κ1) is 14.4. The molecule has 5 nitrogen and oxygen atoms in total. The van der Waals surface area contributed by atoms with E-state index in [1.54, 1.807) is 4.68 Å². The molecule has 120 valence electrons. The van der Waals surface area contributed by atoms with E-state index >= 15 is 0 Å². The van der Waals surface area contributed by atoms with Gasteiger partial charge in [0.1, 0.15) is 12.2 Å². The lowest BCUT2D eigenvalue weighted by Gasteiger charge is -2.18. The van der Waals surface area contributed by atoms with Crippen LogP contribution in [0.4, 0.5) is 0 Å². The Kier molecular flexibility index (Phi) is 3.63. The smallest absolute Gasteiger partial charge is 0.244 e. The second-order valence-corrected chi connectivity index (χ2v) is 6.69. The van der Waals surface area contributed by atoms with E-state index in [0.29, 0.717) is 6.04 Å². The quantitative estimate of drug-likeness (QED) is 0.871. The summed E-state index contributed by atoms with van der Waals surface area (Å²) in [5.74, 6) is 0.110. The van der Waals surface area contributed by atoms with E-state index in [4.69, 9.17) is 0 Å². The summed E-state index contributed by atoms with van der Waals surface area (Å²) in [4.78, 5) is 14.0. The minimum atomic E-state index is 0.110. The SMILES string of the molecule is CN(C(=O)Cn1cc(-c2cccc3c2CCCC3)nn1)C1CC1. The van der Waals surface area contributed by atoms with Gasteiger partial charge in [-0.1, -0.05) is 23.4 Å². The number of carbonyl (C=O) groups is 1. The van der Waals surface area contributed by atoms with Gasteiger partial charge in [-0.3, -0.25) is 4.79 Å². The molecule has 1 heterocycles. The van der Waals surface area contributed by atoms with E-state index in [2.05, 4.69) is 28.5 Å². The van der Waals surface area contributed by atoms with Crippen molar-refractivity contribution >= 4 is 5.91 Å². The number of aryl methyl sites for hydroxylation is 1. The highest BCUT2D eigenvalue weighted by Crippen LogP contribution is 2.30. The molecule has 23 heavy (non-hydrogen) atoms. The fourth-order valence-electron chi connectivity index (χ4n) is 3.44. The van der Waals surface area contributed by atoms with E-state index in [9.17, 15) is 4.79 Å². The number of hydrogen-bond donors (Lipinski definition) is 0. The van der Waals surface area contributed by atoms with Crippen LogP contribution < -0.4 is 0 Å². The van der Waals surface area contributed by atoms with E-state index in [0.717, 1.165) is 31.4 Å². The summed E-state index contributed by atoms with van der Waals surface area (Å²) in [5, 5.41) is 8.47. The molecule has 1 saturated carbocycles. The average Bonchev–Trinajstić information content (AvgIpc) is 3.33. The molecule has 4 rings (SSSR count). The number of amides is 1. The van der Waals surface area contributed by atoms with Crippen molar-refractivity contribution in [2.45, 2.75) is 51.1 Å². The van der Waals surface area contributed by atoms with Crippen LogP contribution in [-0.4, -0.2) is 38.9 Å². The van der Waals surface area contributed by atoms with Crippen LogP contribution >= 0.6 is 0 Å². The summed E-state index contributed by atoms with van der Waals surface area (Å²) in [6, 6.07) is 6.88. The van der Waals surface area contributed by atoms with Crippen LogP contribution in [0, 0.1) is 0 Å². The second kappa shape index (κ2) is 5.80. The molecule has 0 unspecified atom stereocenters. The summed E-state index contributed by atoms with van der Waals surface area (Å²) in [6.07, 6.45) is 8.93. The molecular formula is C18H22N4O. The number of rotatable bonds is 4. The van der Waals surface area contributed by atoms with Crippen LogP contribution in [0.15, 0.2) is 24.4 Å². The van der Waals surface area contributed by atoms with E-state index in [1.807, 2.05) is 18.1 Å². The highest BCUT2D eigenvalue weighted by atomic mass is 16.2. The van der Waals surface area contributed by atoms with Gasteiger partial charge in [0.2, 0.25) is 5.91 Å². The Hall–Kier alpha value is -2.17. The molecule has 0 N–H and O–H groups in total. The average molecular weight is 310 g/mol. The van der Waals surface area contributed by atoms with Crippen molar-refractivity contribution in [2.24, 2.45) is 0 Å². The fraction of sp³-hybridized carbons (Fsp3) is 0.500. The Labute approximate surface area is 136 Å². The molecule has 0 radical (unpaired) electrons. The van der Waals surface area contributed by atoms with Gasteiger partial charge in [-0.15, -0.1) is 5.10 Å². The second-order valence-electron chi connectivity index (χ2n) is 6.69. The highest BCUT2D eigenvalue weighted by molar-refractivity contribution is 5.76. The monoisotopic (exact) mass is 310 g/mol. The van der Waals surface area contributed by atoms with Crippen molar-refractivity contribution in [3.63, 3.8) is 0 Å². The highest BCUT2D eigenvalue weighted by Gasteiger charge is 2.29. The number of nitrogens with zero attached hydrogens (tertiary/aromatic N) is 4. The molecule has 5 heteroatoms. The third-order valence-corrected chi connectivity index (χ3v) is 5.00. The maximum Gasteiger partial charge on any atom is 0.244 e. The van der Waals surface area contributed by atoms with Gasteiger partial charge >= 0.3 is 0 Å². The van der Waals surface area contributed by atoms with E-state index in [1.165, 1.54) is 29.5 Å². The van der Waals surface area contributed by atoms with Crippen molar-refractivity contribution < 1.29 is 4.79 Å². The normalized spacial score (nSPS) is 16.9. The molecule has 0 spiro atoms. The van der Waals surface area contributed by atoms with Gasteiger partial charge in [-0.25, -0.2) is 4.68 Å². The van der Waals surface area contributed by atoms with E-state index in [-0.39, 0.29) is 12.5 Å². The Balaban J connectivity index is 1.55. The van der Waals surface area contributed by atoms with Gasteiger partial charge in [0.15, 0.2) is 0 Å². The Morgan fingerprint density at radius 1 is 1.30 bits per heavy atom. The summed E-state index contributed by atoms with van der Waals surface area (Å²) in [5.41, 5.74) is 4.90. The zero-order chi connectivity index (χ0) is 15.8. The van der Waals surface area contributed by atoms with Gasteiger partial charge < -0.3 is 4.90 Å². The molecule has 2 aliphatic rings. The number of benzene rings is 1. The lowest BCUT2D eigenvalue weighted by Crippen LogP contribution is -2.32. The van der Waals surface area contributed by atoms with Crippen LogP contribution in [0.25, 0.3) is 11.3 Å². The zero-order valence-electron chi connectivity index (χ0n) is 13.5. The van der Waals surface area contributed by atoms with Crippen molar-refractivity contribution in [1.82, 2.24) is 19.9 Å². The predicted octanol–water partition coefficient (Wildman–Crippen LogP) is 2.44. The number of hydrogen-bond acceptors (Lipinski definition) is 3. The summed E-state index contributed by atoms with van der Waals surface area (Å²) in [6.45, 7) is 0.273. The predicted molar refractivity (Wildman–Crippen MR) is 87.9 cm³/mol. The molecule has 0 atom stereocenters. The molecule has 1 fully saturated rings. The summed E-state index contributed by atoms with van der Waals surface area (Å²) < 4.78 is 1.67. The number of likely N-dealkylation sites (N-methyl/N-ethyl adjacent to an activating group) is 1. The van der Waals surface area contributed by atoms with Gasteiger partial charge in [0, 0.05) is 18.7 Å². The summed E-state index contributed by atoms with van der Waals surface area (Å²) >= 11 is 0. The largest absolute Gasteiger partial charge is 0.341 e. The molecule has 0 saturated heterocycles. The maximum atomic E-state index is 12.2. The van der Waals surface area contributed by atoms with Crippen LogP contribution in [0.2, 0.25) is 0 Å². The topological polar surface area (TPSA) is 51.0 Å². The fourth-order valence-corrected chi connectivity index (χ4v) is 3.44. The van der Waals surface area contributed by atoms with Crippen LogP contribution in [-0.2, 0) is 24.2 Å². The van der Waals surface area contributed by atoms with Gasteiger partial charge in [0.05, 0.1) is 6.20 Å². The number of carbonyl (C=O) groups excluding carboxylic acids is 1. The van der Waals surface area contributed by atoms with Crippen molar-refractivity contribution in [3.05, 3.63) is 35.5 Å². The van der Waals surface area contributed by atoms with Gasteiger partial charge in [0.25, 0.3) is 0 Å². The van der Waals surface area contributed by atoms with Gasteiger partial charge in [-0.05, 0) is 49.7 Å². The van der Waals surface area contributed by atoms with Crippen LogP contribution in [0.5, 0.6) is 0 Å².